The lowest BCUT2D eigenvalue weighted by molar-refractivity contribution is -0.125. The highest BCUT2D eigenvalue weighted by Crippen LogP contribution is 2.20. The Morgan fingerprint density at radius 3 is 2.86 bits per heavy atom. The Kier molecular flexibility index (Phi) is 6.34. The molecule has 29 heavy (non-hydrogen) atoms. The summed E-state index contributed by atoms with van der Waals surface area (Å²) in [4.78, 5) is 31.2. The summed E-state index contributed by atoms with van der Waals surface area (Å²) in [5, 5.41) is 3.11. The maximum absolute atomic E-state index is 12.5. The van der Waals surface area contributed by atoms with Crippen molar-refractivity contribution in [3.63, 3.8) is 0 Å². The summed E-state index contributed by atoms with van der Waals surface area (Å²) in [5.74, 6) is 1.93. The Bertz CT molecular complexity index is 892. The molecule has 0 saturated carbocycles. The smallest absolute Gasteiger partial charge is 0.225 e. The van der Waals surface area contributed by atoms with Crippen LogP contribution in [0.5, 0.6) is 0 Å². The van der Waals surface area contributed by atoms with Gasteiger partial charge in [-0.05, 0) is 43.9 Å². The molecule has 0 radical (unpaired) electrons. The first-order valence-electron chi connectivity index (χ1n) is 10.5. The van der Waals surface area contributed by atoms with Gasteiger partial charge in [-0.3, -0.25) is 4.79 Å². The number of H-pyrrole nitrogens is 1. The Morgan fingerprint density at radius 2 is 2.00 bits per heavy atom. The quantitative estimate of drug-likeness (QED) is 0.575. The van der Waals surface area contributed by atoms with Crippen molar-refractivity contribution in [3.05, 3.63) is 48.5 Å². The highest BCUT2D eigenvalue weighted by atomic mass is 16.1. The molecule has 4 rings (SSSR count). The van der Waals surface area contributed by atoms with Gasteiger partial charge in [-0.25, -0.2) is 15.0 Å². The van der Waals surface area contributed by atoms with Crippen molar-refractivity contribution in [1.82, 2.24) is 25.3 Å². The summed E-state index contributed by atoms with van der Waals surface area (Å²) < 4.78 is 0. The third-order valence-corrected chi connectivity index (χ3v) is 5.46. The fraction of sp³-hybridized carbons (Fsp3) is 0.455. The Morgan fingerprint density at radius 1 is 1.14 bits per heavy atom. The van der Waals surface area contributed by atoms with Gasteiger partial charge < -0.3 is 15.2 Å². The van der Waals surface area contributed by atoms with Gasteiger partial charge in [0.2, 0.25) is 11.9 Å². The van der Waals surface area contributed by atoms with Crippen LogP contribution in [0.1, 0.15) is 37.9 Å². The minimum absolute atomic E-state index is 0.0168. The van der Waals surface area contributed by atoms with Crippen molar-refractivity contribution in [2.75, 3.05) is 24.5 Å². The number of carbonyl (C=O) groups excluding carboxylic acids is 1. The van der Waals surface area contributed by atoms with E-state index in [4.69, 9.17) is 0 Å². The third-order valence-electron chi connectivity index (χ3n) is 5.46. The fourth-order valence-electron chi connectivity index (χ4n) is 3.90. The Labute approximate surface area is 171 Å². The topological polar surface area (TPSA) is 86.8 Å². The van der Waals surface area contributed by atoms with Crippen LogP contribution in [0.2, 0.25) is 0 Å². The van der Waals surface area contributed by atoms with E-state index < -0.39 is 0 Å². The van der Waals surface area contributed by atoms with Gasteiger partial charge >= 0.3 is 0 Å². The number of hydrogen-bond donors (Lipinski definition) is 2. The number of imidazole rings is 1. The van der Waals surface area contributed by atoms with Crippen molar-refractivity contribution in [2.24, 2.45) is 5.92 Å². The number of piperidine rings is 1. The molecule has 1 aromatic carbocycles. The number of rotatable bonds is 8. The van der Waals surface area contributed by atoms with Crippen LogP contribution in [0.4, 0.5) is 5.95 Å². The molecule has 1 fully saturated rings. The standard InChI is InChI=1S/C22H28N6O/c29-21(17-8-6-15-28(16-17)22-24-13-7-14-25-22)23-12-5-1-2-11-20-26-18-9-3-4-10-19(18)27-20/h3-4,7,9-10,13-14,17H,1-2,5-6,8,11-12,15-16H2,(H,23,29)(H,26,27)/t17-/m1/s1. The van der Waals surface area contributed by atoms with E-state index in [1.807, 2.05) is 24.3 Å². The van der Waals surface area contributed by atoms with Gasteiger partial charge in [-0.15, -0.1) is 0 Å². The number of aromatic nitrogens is 4. The zero-order valence-electron chi connectivity index (χ0n) is 16.7. The van der Waals surface area contributed by atoms with Gasteiger partial charge in [-0.1, -0.05) is 18.6 Å². The highest BCUT2D eigenvalue weighted by molar-refractivity contribution is 5.79. The first-order chi connectivity index (χ1) is 14.3. The SMILES string of the molecule is O=C(NCCCCCc1nc2ccccc2[nH]1)[C@@H]1CCCN(c2ncccn2)C1. The zero-order chi connectivity index (χ0) is 19.9. The van der Waals surface area contributed by atoms with E-state index in [1.54, 1.807) is 12.4 Å². The molecular formula is C22H28N6O. The third kappa shape index (κ3) is 5.10. The minimum atomic E-state index is 0.0168. The summed E-state index contributed by atoms with van der Waals surface area (Å²) in [6, 6.07) is 9.92. The number of aromatic amines is 1. The molecular weight excluding hydrogens is 364 g/mol. The zero-order valence-corrected chi connectivity index (χ0v) is 16.7. The number of hydrogen-bond acceptors (Lipinski definition) is 5. The molecule has 7 nitrogen and oxygen atoms in total. The number of nitrogens with one attached hydrogen (secondary N) is 2. The van der Waals surface area contributed by atoms with Crippen LogP contribution in [0.25, 0.3) is 11.0 Å². The molecule has 2 N–H and O–H groups in total. The van der Waals surface area contributed by atoms with Crippen molar-refractivity contribution in [2.45, 2.75) is 38.5 Å². The summed E-state index contributed by atoms with van der Waals surface area (Å²) in [5.41, 5.74) is 2.12. The van der Waals surface area contributed by atoms with E-state index in [0.29, 0.717) is 6.54 Å². The summed E-state index contributed by atoms with van der Waals surface area (Å²) in [6.45, 7) is 2.34. The average Bonchev–Trinajstić information content (AvgIpc) is 3.19. The molecule has 0 spiro atoms. The molecule has 152 valence electrons. The summed E-state index contributed by atoms with van der Waals surface area (Å²) in [7, 11) is 0. The van der Waals surface area contributed by atoms with Crippen molar-refractivity contribution >= 4 is 22.9 Å². The van der Waals surface area contributed by atoms with Crippen LogP contribution in [0.3, 0.4) is 0 Å². The van der Waals surface area contributed by atoms with Crippen molar-refractivity contribution in [1.29, 1.82) is 0 Å². The van der Waals surface area contributed by atoms with E-state index in [0.717, 1.165) is 74.4 Å². The van der Waals surface area contributed by atoms with Gasteiger partial charge in [0.1, 0.15) is 5.82 Å². The van der Waals surface area contributed by atoms with Crippen LogP contribution in [-0.2, 0) is 11.2 Å². The average molecular weight is 393 g/mol. The first kappa shape index (κ1) is 19.4. The molecule has 7 heteroatoms. The van der Waals surface area contributed by atoms with Gasteiger partial charge in [0.05, 0.1) is 17.0 Å². The van der Waals surface area contributed by atoms with Gasteiger partial charge in [0, 0.05) is 38.4 Å². The van der Waals surface area contributed by atoms with E-state index in [1.165, 1.54) is 0 Å². The molecule has 1 aliphatic rings. The lowest BCUT2D eigenvalue weighted by Gasteiger charge is -2.31. The second-order valence-corrected chi connectivity index (χ2v) is 7.64. The number of amides is 1. The van der Waals surface area contributed by atoms with Crippen molar-refractivity contribution in [3.8, 4) is 0 Å². The number of carbonyl (C=O) groups is 1. The van der Waals surface area contributed by atoms with Crippen molar-refractivity contribution < 1.29 is 4.79 Å². The molecule has 1 atom stereocenters. The second kappa shape index (κ2) is 9.49. The maximum Gasteiger partial charge on any atom is 0.225 e. The van der Waals surface area contributed by atoms with Gasteiger partial charge in [-0.2, -0.15) is 0 Å². The molecule has 1 amide bonds. The van der Waals surface area contributed by atoms with E-state index >= 15 is 0 Å². The lowest BCUT2D eigenvalue weighted by atomic mass is 9.97. The second-order valence-electron chi connectivity index (χ2n) is 7.64. The normalized spacial score (nSPS) is 16.8. The van der Waals surface area contributed by atoms with E-state index in [-0.39, 0.29) is 11.8 Å². The van der Waals surface area contributed by atoms with Gasteiger partial charge in [0.25, 0.3) is 0 Å². The molecule has 0 bridgehead atoms. The number of aryl methyl sites for hydroxylation is 1. The molecule has 3 heterocycles. The van der Waals surface area contributed by atoms with E-state index in [2.05, 4.69) is 36.2 Å². The number of unbranched alkanes of at least 4 members (excludes halogenated alkanes) is 2. The highest BCUT2D eigenvalue weighted by Gasteiger charge is 2.26. The fourth-order valence-corrected chi connectivity index (χ4v) is 3.90. The van der Waals surface area contributed by atoms with Crippen LogP contribution >= 0.6 is 0 Å². The molecule has 0 unspecified atom stereocenters. The number of para-hydroxylation sites is 2. The Balaban J connectivity index is 1.14. The van der Waals surface area contributed by atoms with E-state index in [9.17, 15) is 4.79 Å². The first-order valence-corrected chi connectivity index (χ1v) is 10.5. The number of fused-ring (bicyclic) bond motifs is 1. The molecule has 0 aliphatic carbocycles. The predicted octanol–water partition coefficient (Wildman–Crippen LogP) is 3.10. The maximum atomic E-state index is 12.5. The minimum Gasteiger partial charge on any atom is -0.356 e. The van der Waals surface area contributed by atoms with Crippen LogP contribution in [-0.4, -0.2) is 45.5 Å². The number of anilines is 1. The predicted molar refractivity (Wildman–Crippen MR) is 114 cm³/mol. The van der Waals surface area contributed by atoms with Gasteiger partial charge in [0.15, 0.2) is 0 Å². The lowest BCUT2D eigenvalue weighted by Crippen LogP contribution is -2.43. The Hall–Kier alpha value is -2.96. The monoisotopic (exact) mass is 392 g/mol. The molecule has 2 aromatic heterocycles. The summed E-state index contributed by atoms with van der Waals surface area (Å²) >= 11 is 0. The number of nitrogens with zero attached hydrogens (tertiary/aromatic N) is 4. The molecule has 1 aliphatic heterocycles. The summed E-state index contributed by atoms with van der Waals surface area (Å²) in [6.07, 6.45) is 9.50. The van der Waals surface area contributed by atoms with Crippen LogP contribution in [0.15, 0.2) is 42.7 Å². The van der Waals surface area contributed by atoms with Crippen LogP contribution in [0, 0.1) is 5.92 Å². The molecule has 1 saturated heterocycles. The molecule has 3 aromatic rings. The van der Waals surface area contributed by atoms with Crippen LogP contribution < -0.4 is 10.2 Å². The number of benzene rings is 1. The largest absolute Gasteiger partial charge is 0.356 e.